The van der Waals surface area contributed by atoms with E-state index in [4.69, 9.17) is 37.9 Å². The first-order chi connectivity index (χ1) is 41.2. The molecule has 0 aromatic heterocycles. The number of cyclic esters (lactones) is 1. The minimum Gasteiger partial charge on any atom is -0.508 e. The number of esters is 7. The zero-order valence-corrected chi connectivity index (χ0v) is 56.4. The predicted octanol–water partition coefficient (Wildman–Crippen LogP) is 14.7. The lowest BCUT2D eigenvalue weighted by Crippen LogP contribution is -2.49. The highest BCUT2D eigenvalue weighted by molar-refractivity contribution is 5.87. The average Bonchev–Trinajstić information content (AvgIpc) is 1.59. The lowest BCUT2D eigenvalue weighted by molar-refractivity contribution is -0.183. The van der Waals surface area contributed by atoms with E-state index in [-0.39, 0.29) is 107 Å². The van der Waals surface area contributed by atoms with E-state index in [0.717, 1.165) is 91.7 Å². The van der Waals surface area contributed by atoms with Gasteiger partial charge in [0.1, 0.15) is 41.5 Å². The molecule has 88 heavy (non-hydrogen) atoms. The molecule has 4 aliphatic heterocycles. The summed E-state index contributed by atoms with van der Waals surface area (Å²) in [5.74, 6) is 4.76. The molecule has 0 radical (unpaired) electrons. The molecule has 2 aromatic carbocycles. The number of aromatic hydroxyl groups is 1. The summed E-state index contributed by atoms with van der Waals surface area (Å²) in [5, 5.41) is 11.2. The highest BCUT2D eigenvalue weighted by Crippen LogP contribution is 2.71. The Balaban J connectivity index is 0.000000159. The molecule has 5 saturated carbocycles. The molecule has 0 amide bonds. The van der Waals surface area contributed by atoms with Crippen LogP contribution in [0.3, 0.4) is 0 Å². The zero-order valence-electron chi connectivity index (χ0n) is 56.4. The number of carbonyl (C=O) groups excluding carboxylic acids is 7. The van der Waals surface area contributed by atoms with E-state index in [9.17, 15) is 38.7 Å². The third-order valence-corrected chi connectivity index (χ3v) is 22.6. The van der Waals surface area contributed by atoms with Crippen molar-refractivity contribution in [2.24, 2.45) is 68.5 Å². The molecule has 492 valence electrons. The van der Waals surface area contributed by atoms with Crippen LogP contribution in [0.4, 0.5) is 0 Å². The maximum atomic E-state index is 12.7. The number of rotatable bonds is 17. The number of phenols is 1. The molecule has 2 aromatic rings. The zero-order chi connectivity index (χ0) is 65.1. The third kappa shape index (κ3) is 15.2. The van der Waals surface area contributed by atoms with Gasteiger partial charge in [0.2, 0.25) is 0 Å². The van der Waals surface area contributed by atoms with Crippen LogP contribution in [0.2, 0.25) is 0 Å². The van der Waals surface area contributed by atoms with Crippen molar-refractivity contribution in [3.05, 3.63) is 36.4 Å². The quantitative estimate of drug-likeness (QED) is 0.0675. The molecule has 9 fully saturated rings. The summed E-state index contributed by atoms with van der Waals surface area (Å²) in [5.41, 5.74) is -2.40. The van der Waals surface area contributed by atoms with E-state index in [1.165, 1.54) is 38.5 Å². The SMILES string of the molecule is CCC(C)(C)C(=O)OC1(CC)CC2CC1C1C3CCC(C3)C21.CCC(C)(C)C(=O)OC1C2CC3C(=O)OC1C3O2.CCC(C)(C)C(=O)OC1COC(=O)C1.CCC(C)(C)C(=O)Oc1ccc2cc(O)ccc2c1.CCC1(OC(=O)C(C)(C)CC)CCCC1. The minimum atomic E-state index is -0.510. The van der Waals surface area contributed by atoms with Gasteiger partial charge in [-0.3, -0.25) is 33.6 Å². The van der Waals surface area contributed by atoms with Gasteiger partial charge >= 0.3 is 41.8 Å². The number of hydrogen-bond acceptors (Lipinski definition) is 16. The van der Waals surface area contributed by atoms with Crippen molar-refractivity contribution in [1.82, 2.24) is 0 Å². The van der Waals surface area contributed by atoms with Crippen molar-refractivity contribution < 1.29 is 76.6 Å². The second-order valence-electron chi connectivity index (χ2n) is 30.2. The summed E-state index contributed by atoms with van der Waals surface area (Å²) in [6, 6.07) is 10.5. The van der Waals surface area contributed by atoms with Crippen LogP contribution >= 0.6 is 0 Å². The van der Waals surface area contributed by atoms with Gasteiger partial charge in [-0.1, -0.05) is 60.6 Å². The predicted molar refractivity (Wildman–Crippen MR) is 334 cm³/mol. The number of fused-ring (bicyclic) bond motifs is 11. The number of ether oxygens (including phenoxy) is 8. The smallest absolute Gasteiger partial charge is 0.316 e. The van der Waals surface area contributed by atoms with E-state index in [2.05, 4.69) is 20.8 Å². The molecule has 13 atom stereocenters. The molecular formula is C72H108O16. The van der Waals surface area contributed by atoms with Crippen LogP contribution in [0, 0.1) is 68.5 Å². The molecule has 16 heteroatoms. The molecule has 0 spiro atoms. The molecule has 13 unspecified atom stereocenters. The topological polar surface area (TPSA) is 214 Å². The maximum absolute atomic E-state index is 12.7. The van der Waals surface area contributed by atoms with Gasteiger partial charge in [-0.15, -0.1) is 0 Å². The van der Waals surface area contributed by atoms with Crippen LogP contribution in [0.15, 0.2) is 36.4 Å². The number of carbonyl (C=O) groups is 7. The Labute approximate surface area is 525 Å². The van der Waals surface area contributed by atoms with E-state index >= 15 is 0 Å². The summed E-state index contributed by atoms with van der Waals surface area (Å²) >= 11 is 0. The fraction of sp³-hybridized carbons (Fsp3) is 0.764. The van der Waals surface area contributed by atoms with Crippen LogP contribution in [0.1, 0.15) is 233 Å². The molecule has 4 heterocycles. The van der Waals surface area contributed by atoms with Crippen LogP contribution in [0.25, 0.3) is 10.8 Å². The molecule has 5 aliphatic carbocycles. The third-order valence-electron chi connectivity index (χ3n) is 22.6. The van der Waals surface area contributed by atoms with Gasteiger partial charge in [-0.05, 0) is 243 Å². The summed E-state index contributed by atoms with van der Waals surface area (Å²) < 4.78 is 43.8. The van der Waals surface area contributed by atoms with E-state index in [1.54, 1.807) is 30.3 Å². The lowest BCUT2D eigenvalue weighted by atomic mass is 9.65. The summed E-state index contributed by atoms with van der Waals surface area (Å²) in [4.78, 5) is 82.6. The number of hydrogen-bond donors (Lipinski definition) is 1. The molecule has 4 saturated heterocycles. The van der Waals surface area contributed by atoms with Gasteiger partial charge in [0.05, 0.1) is 45.5 Å². The normalized spacial score (nSPS) is 30.0. The van der Waals surface area contributed by atoms with Crippen molar-refractivity contribution in [3.8, 4) is 11.5 Å². The Morgan fingerprint density at radius 1 is 0.591 bits per heavy atom. The van der Waals surface area contributed by atoms with Gasteiger partial charge in [-0.25, -0.2) is 0 Å². The van der Waals surface area contributed by atoms with Crippen LogP contribution in [-0.2, 0) is 66.7 Å². The first-order valence-electron chi connectivity index (χ1n) is 33.5. The molecule has 9 aliphatic rings. The molecule has 16 nitrogen and oxygen atoms in total. The highest BCUT2D eigenvalue weighted by atomic mass is 16.7. The standard InChI is InChI=1S/C20H32O2.C16H18O3.C13H18O5.C13H24O2.C10H16O4/c1-5-19(3,4)18(21)22-20(6-2)11-14-10-15(20)17-13-8-7-12(9-13)16(14)17;1-4-16(2,3)15(18)19-14-8-6-11-9-13(17)7-5-12(11)10-14;1-4-13(2,3)12(15)18-9-7-5-6-8(16-7)10(9)17-11(6)14;1-5-12(3,4)11(14)15-13(6-2)9-7-8-10-13;1-4-10(2,3)9(12)14-7-5-8(11)13-6-7/h12-17H,5-11H2,1-4H3;5-10,17H,4H2,1-3H3;6-10H,4-5H2,1-3H3;5-10H2,1-4H3;7H,4-6H2,1-3H3. The van der Waals surface area contributed by atoms with Crippen LogP contribution in [-0.4, -0.2) is 95.2 Å². The Hall–Kier alpha value is -5.25. The fourth-order valence-corrected chi connectivity index (χ4v) is 14.3. The Morgan fingerprint density at radius 2 is 1.12 bits per heavy atom. The van der Waals surface area contributed by atoms with Crippen LogP contribution in [0.5, 0.6) is 11.5 Å². The second-order valence-corrected chi connectivity index (χ2v) is 30.2. The monoisotopic (exact) mass is 1230 g/mol. The van der Waals surface area contributed by atoms with Gasteiger partial charge in [0.25, 0.3) is 0 Å². The summed E-state index contributed by atoms with van der Waals surface area (Å²) in [6.45, 7) is 33.6. The van der Waals surface area contributed by atoms with Gasteiger partial charge in [-0.2, -0.15) is 0 Å². The van der Waals surface area contributed by atoms with Gasteiger partial charge in [0, 0.05) is 5.92 Å². The van der Waals surface area contributed by atoms with Crippen molar-refractivity contribution >= 4 is 52.6 Å². The average molecular weight is 1230 g/mol. The van der Waals surface area contributed by atoms with Gasteiger partial charge < -0.3 is 43.0 Å². The van der Waals surface area contributed by atoms with Crippen molar-refractivity contribution in [2.75, 3.05) is 6.61 Å². The summed E-state index contributed by atoms with van der Waals surface area (Å²) in [6.07, 6.45) is 16.5. The van der Waals surface area contributed by atoms with Crippen molar-refractivity contribution in [2.45, 2.75) is 275 Å². The first-order valence-corrected chi connectivity index (χ1v) is 33.5. The second kappa shape index (κ2) is 27.7. The Kier molecular flexibility index (Phi) is 22.1. The summed E-state index contributed by atoms with van der Waals surface area (Å²) in [7, 11) is 0. The van der Waals surface area contributed by atoms with E-state index in [1.807, 2.05) is 103 Å². The Morgan fingerprint density at radius 3 is 1.68 bits per heavy atom. The lowest BCUT2D eigenvalue weighted by Gasteiger charge is -2.46. The van der Waals surface area contributed by atoms with E-state index < -0.39 is 28.5 Å². The molecule has 1 N–H and O–H groups in total. The molecule has 6 bridgehead atoms. The number of phenolic OH excluding ortho intramolecular Hbond substituents is 1. The number of benzene rings is 2. The maximum Gasteiger partial charge on any atom is 0.316 e. The first kappa shape index (κ1) is 70.2. The van der Waals surface area contributed by atoms with E-state index in [0.29, 0.717) is 30.9 Å². The minimum absolute atomic E-state index is 0.0197. The van der Waals surface area contributed by atoms with Crippen molar-refractivity contribution in [3.63, 3.8) is 0 Å². The Bertz CT molecular complexity index is 2820. The molecular weight excluding hydrogens is 1120 g/mol. The van der Waals surface area contributed by atoms with Crippen molar-refractivity contribution in [1.29, 1.82) is 0 Å². The molecule has 11 rings (SSSR count). The highest BCUT2D eigenvalue weighted by Gasteiger charge is 2.68. The van der Waals surface area contributed by atoms with Crippen LogP contribution < -0.4 is 4.74 Å². The largest absolute Gasteiger partial charge is 0.508 e. The van der Waals surface area contributed by atoms with Gasteiger partial charge in [0.15, 0.2) is 12.2 Å². The fourth-order valence-electron chi connectivity index (χ4n) is 14.3.